The predicted molar refractivity (Wildman–Crippen MR) is 219 cm³/mol. The maximum Gasteiger partial charge on any atom is 0.357 e. The average molecular weight is 956 g/mol. The summed E-state index contributed by atoms with van der Waals surface area (Å²) in [6.45, 7) is 25.9. The van der Waals surface area contributed by atoms with Gasteiger partial charge in [-0.25, -0.2) is 16.8 Å². The van der Waals surface area contributed by atoms with Gasteiger partial charge in [0.1, 0.15) is 16.9 Å². The van der Waals surface area contributed by atoms with E-state index in [1.54, 1.807) is 0 Å². The van der Waals surface area contributed by atoms with Gasteiger partial charge in [-0.15, -0.1) is 0 Å². The lowest BCUT2D eigenvalue weighted by Crippen LogP contribution is -3.61. The minimum atomic E-state index is -3.72. The van der Waals surface area contributed by atoms with Crippen LogP contribution >= 0.6 is 11.8 Å². The van der Waals surface area contributed by atoms with Crippen molar-refractivity contribution in [3.63, 3.8) is 0 Å². The number of hydrogen-bond donors (Lipinski definition) is 0. The Labute approximate surface area is 349 Å². The molecule has 0 N–H and O–H groups in total. The lowest BCUT2D eigenvalue weighted by Gasteiger charge is -2.19. The molecule has 0 radical (unpaired) electrons. The van der Waals surface area contributed by atoms with Gasteiger partial charge in [-0.1, -0.05) is 65.8 Å². The zero-order chi connectivity index (χ0) is 41.9. The van der Waals surface area contributed by atoms with Gasteiger partial charge >= 0.3 is 21.2 Å². The van der Waals surface area contributed by atoms with Gasteiger partial charge in [0.05, 0.1) is 45.9 Å². The Morgan fingerprint density at radius 3 is 1.22 bits per heavy atom. The summed E-state index contributed by atoms with van der Waals surface area (Å²) in [6, 6.07) is 27.4. The monoisotopic (exact) mass is 955 g/mol. The SMILES string of the molecule is C1CSCCO1.CC(C)(C)c1ccc([S+]2CCOCC2)cc1.CS(=O)(=O)O[O-].CS(=O)(=O)O[O-].[CH2+]C(C)(C)c1ccc([I+]c2ccc(C(C)(C)C)cc2)cc1. The first-order valence-electron chi connectivity index (χ1n) is 17.6. The molecule has 0 bridgehead atoms. The van der Waals surface area contributed by atoms with Gasteiger partial charge in [0, 0.05) is 28.0 Å². The lowest BCUT2D eigenvalue weighted by molar-refractivity contribution is -0.634. The molecule has 2 aliphatic rings. The first-order valence-corrected chi connectivity index (χ1v) is 26.1. The van der Waals surface area contributed by atoms with E-state index >= 15 is 0 Å². The molecular formula is C40H60IO10S4+. The van der Waals surface area contributed by atoms with Gasteiger partial charge in [0.2, 0.25) is 0 Å². The zero-order valence-corrected chi connectivity index (χ0v) is 39.3. The van der Waals surface area contributed by atoms with Gasteiger partial charge in [-0.05, 0) is 84.3 Å². The quantitative estimate of drug-likeness (QED) is 0.118. The molecule has 2 aliphatic heterocycles. The van der Waals surface area contributed by atoms with Gasteiger partial charge in [0.25, 0.3) is 20.2 Å². The second-order valence-electron chi connectivity index (χ2n) is 15.3. The van der Waals surface area contributed by atoms with E-state index in [4.69, 9.17) is 20.0 Å². The maximum atomic E-state index is 9.47. The van der Waals surface area contributed by atoms with E-state index in [1.165, 1.54) is 51.7 Å². The lowest BCUT2D eigenvalue weighted by atomic mass is 9.87. The molecule has 0 aliphatic carbocycles. The Kier molecular flexibility index (Phi) is 23.0. The van der Waals surface area contributed by atoms with Crippen molar-refractivity contribution < 1.29 is 66.7 Å². The third kappa shape index (κ3) is 24.2. The highest BCUT2D eigenvalue weighted by Gasteiger charge is 2.26. The molecule has 2 heterocycles. The summed E-state index contributed by atoms with van der Waals surface area (Å²) in [6.07, 6.45) is 1.36. The van der Waals surface area contributed by atoms with Crippen LogP contribution in [-0.4, -0.2) is 78.8 Å². The Balaban J connectivity index is 0.000000388. The van der Waals surface area contributed by atoms with Gasteiger partial charge in [-0.3, -0.25) is 0 Å². The van der Waals surface area contributed by atoms with Crippen LogP contribution in [0, 0.1) is 14.1 Å². The largest absolute Gasteiger partial charge is 0.707 e. The molecule has 10 nitrogen and oxygen atoms in total. The predicted octanol–water partition coefficient (Wildman–Crippen LogP) is 2.44. The summed E-state index contributed by atoms with van der Waals surface area (Å²) in [7, 11) is -7.00. The Bertz CT molecular complexity index is 1600. The number of benzene rings is 3. The highest BCUT2D eigenvalue weighted by Crippen LogP contribution is 2.25. The van der Waals surface area contributed by atoms with Crippen molar-refractivity contribution in [2.75, 3.05) is 62.0 Å². The molecule has 2 fully saturated rings. The molecule has 3 aromatic rings. The minimum Gasteiger partial charge on any atom is -0.707 e. The molecule has 2 saturated heterocycles. The molecule has 0 saturated carbocycles. The molecule has 0 spiro atoms. The molecule has 3 aromatic carbocycles. The second-order valence-corrected chi connectivity index (χ2v) is 24.9. The number of halogens is 1. The van der Waals surface area contributed by atoms with Crippen LogP contribution in [0.15, 0.2) is 77.7 Å². The zero-order valence-electron chi connectivity index (χ0n) is 33.9. The molecule has 0 amide bonds. The fraction of sp³-hybridized carbons (Fsp3) is 0.525. The molecule has 0 unspecified atom stereocenters. The fourth-order valence-electron chi connectivity index (χ4n) is 4.45. The summed E-state index contributed by atoms with van der Waals surface area (Å²) < 4.78 is 56.6. The van der Waals surface area contributed by atoms with Crippen molar-refractivity contribution in [1.82, 2.24) is 0 Å². The van der Waals surface area contributed by atoms with Crippen molar-refractivity contribution >= 4 is 42.9 Å². The number of rotatable bonds is 6. The van der Waals surface area contributed by atoms with Crippen LogP contribution in [0.3, 0.4) is 0 Å². The fourth-order valence-corrected chi connectivity index (χ4v) is 9.12. The Morgan fingerprint density at radius 2 is 0.945 bits per heavy atom. The summed E-state index contributed by atoms with van der Waals surface area (Å²) in [5, 5.41) is 17.7. The third-order valence-corrected chi connectivity index (χ3v) is 13.9. The van der Waals surface area contributed by atoms with Crippen molar-refractivity contribution in [1.29, 1.82) is 0 Å². The minimum absolute atomic E-state index is 0.00872. The topological polar surface area (TPSA) is 151 Å². The number of hydrogen-bond acceptors (Lipinski definition) is 11. The molecule has 5 rings (SSSR count). The first-order chi connectivity index (χ1) is 25.4. The molecule has 310 valence electrons. The molecule has 0 aromatic heterocycles. The van der Waals surface area contributed by atoms with E-state index in [-0.39, 0.29) is 37.5 Å². The summed E-state index contributed by atoms with van der Waals surface area (Å²) in [5.41, 5.74) is 4.62. The van der Waals surface area contributed by atoms with Gasteiger partial charge in [0.15, 0.2) is 12.0 Å². The van der Waals surface area contributed by atoms with Crippen LogP contribution in [0.4, 0.5) is 0 Å². The smallest absolute Gasteiger partial charge is 0.357 e. The van der Waals surface area contributed by atoms with Gasteiger partial charge < -0.3 is 28.7 Å². The number of ether oxygens (including phenoxy) is 2. The average Bonchev–Trinajstić information content (AvgIpc) is 3.13. The van der Waals surface area contributed by atoms with Crippen molar-refractivity contribution in [2.24, 2.45) is 0 Å². The highest BCUT2D eigenvalue weighted by atomic mass is 127. The van der Waals surface area contributed by atoms with Crippen molar-refractivity contribution in [2.45, 2.75) is 76.5 Å². The number of thioether (sulfide) groups is 1. The molecule has 0 atom stereocenters. The van der Waals surface area contributed by atoms with Gasteiger partial charge in [-0.2, -0.15) is 11.8 Å². The maximum absolute atomic E-state index is 9.47. The first kappa shape index (κ1) is 51.6. The van der Waals surface area contributed by atoms with E-state index in [9.17, 15) is 16.8 Å². The van der Waals surface area contributed by atoms with Crippen molar-refractivity contribution in [3.8, 4) is 0 Å². The van der Waals surface area contributed by atoms with E-state index in [2.05, 4.69) is 144 Å². The summed E-state index contributed by atoms with van der Waals surface area (Å²) in [5.74, 6) is 4.80. The molecule has 55 heavy (non-hydrogen) atoms. The van der Waals surface area contributed by atoms with Crippen LogP contribution in [0.1, 0.15) is 72.1 Å². The van der Waals surface area contributed by atoms with Crippen LogP contribution in [0.25, 0.3) is 0 Å². The molecular weight excluding hydrogens is 896 g/mol. The standard InChI is InChI=1S/C20H25I.C14H21OS.C4H8OS.2CH4O4S/c1-19(2,3)15-7-11-17(12-8-15)21-18-13-9-16(10-14-18)20(4,5)6;1-14(2,3)12-4-6-13(7-5-12)16-10-8-15-9-11-16;1-3-6-4-2-5-1;2*1-6(3,4)5-2/h7-14H,1H2,2-6H3;4-7H,8-11H2,1-3H3;1-4H2;2*2H,1H3/q+2;+1;;;/p-2. The Morgan fingerprint density at radius 1 is 0.618 bits per heavy atom. The van der Waals surface area contributed by atoms with E-state index in [0.717, 1.165) is 26.4 Å². The van der Waals surface area contributed by atoms with Crippen LogP contribution in [-0.2, 0) is 65.5 Å². The summed E-state index contributed by atoms with van der Waals surface area (Å²) in [4.78, 5) is 1.51. The second kappa shape index (κ2) is 24.5. The van der Waals surface area contributed by atoms with Crippen LogP contribution in [0.2, 0.25) is 0 Å². The normalized spacial score (nSPS) is 15.3. The van der Waals surface area contributed by atoms with E-state index in [1.807, 2.05) is 11.8 Å². The highest BCUT2D eigenvalue weighted by molar-refractivity contribution is 7.99. The third-order valence-electron chi connectivity index (χ3n) is 7.55. The van der Waals surface area contributed by atoms with Crippen molar-refractivity contribution in [3.05, 3.63) is 104 Å². The van der Waals surface area contributed by atoms with Crippen LogP contribution < -0.4 is 31.7 Å². The Hall–Kier alpha value is -1.38. The summed E-state index contributed by atoms with van der Waals surface area (Å²) >= 11 is 1.88. The van der Waals surface area contributed by atoms with E-state index in [0.29, 0.717) is 23.4 Å². The van der Waals surface area contributed by atoms with E-state index < -0.39 is 20.2 Å². The molecule has 15 heteroatoms. The van der Waals surface area contributed by atoms with Crippen LogP contribution in [0.5, 0.6) is 0 Å².